The SMILES string of the molecule is Cc1cc([C@@H](C)Nc2ccc(Cl)nc2C(=O)NS(C)(=O)=O)c2nc(N3Cc4cn(C5(C(F)(F)F)CC5)nc4C3)n(C)c(=O)c2c1. The summed E-state index contributed by atoms with van der Waals surface area (Å²) in [5.41, 5.74) is 0.573. The van der Waals surface area contributed by atoms with E-state index in [4.69, 9.17) is 16.6 Å². The molecular weight excluding hydrogens is 637 g/mol. The molecule has 6 rings (SSSR count). The molecule has 0 unspecified atom stereocenters. The lowest BCUT2D eigenvalue weighted by Gasteiger charge is -2.24. The molecule has 4 heterocycles. The Hall–Kier alpha value is -4.18. The van der Waals surface area contributed by atoms with Crippen molar-refractivity contribution < 1.29 is 26.4 Å². The van der Waals surface area contributed by atoms with Crippen LogP contribution in [0.5, 0.6) is 0 Å². The number of aromatic nitrogens is 5. The minimum atomic E-state index is -4.39. The van der Waals surface area contributed by atoms with E-state index in [1.165, 1.54) is 22.9 Å². The average molecular weight is 665 g/mol. The molecule has 17 heteroatoms. The Morgan fingerprint density at radius 2 is 1.87 bits per heavy atom. The van der Waals surface area contributed by atoms with Gasteiger partial charge in [0.15, 0.2) is 11.2 Å². The zero-order valence-electron chi connectivity index (χ0n) is 24.5. The number of alkyl halides is 3. The smallest absolute Gasteiger partial charge is 0.377 e. The van der Waals surface area contributed by atoms with Crippen LogP contribution in [0.2, 0.25) is 5.15 Å². The number of carbonyl (C=O) groups excluding carboxylic acids is 1. The molecule has 2 N–H and O–H groups in total. The summed E-state index contributed by atoms with van der Waals surface area (Å²) < 4.78 is 68.7. The normalized spacial score (nSPS) is 16.5. The predicted molar refractivity (Wildman–Crippen MR) is 161 cm³/mol. The maximum Gasteiger partial charge on any atom is 0.413 e. The third-order valence-electron chi connectivity index (χ3n) is 8.08. The molecule has 1 aliphatic heterocycles. The molecule has 0 bridgehead atoms. The van der Waals surface area contributed by atoms with Crippen molar-refractivity contribution in [2.24, 2.45) is 7.05 Å². The van der Waals surface area contributed by atoms with Crippen molar-refractivity contribution in [2.45, 2.75) is 57.5 Å². The number of hydrogen-bond donors (Lipinski definition) is 2. The van der Waals surface area contributed by atoms with Crippen LogP contribution in [0.3, 0.4) is 0 Å². The van der Waals surface area contributed by atoms with E-state index < -0.39 is 33.7 Å². The van der Waals surface area contributed by atoms with Gasteiger partial charge in [-0.3, -0.25) is 18.8 Å². The highest BCUT2D eigenvalue weighted by atomic mass is 35.5. The van der Waals surface area contributed by atoms with Crippen LogP contribution < -0.4 is 20.5 Å². The second kappa shape index (κ2) is 10.4. The van der Waals surface area contributed by atoms with E-state index in [-0.39, 0.29) is 48.0 Å². The van der Waals surface area contributed by atoms with Crippen molar-refractivity contribution >= 4 is 50.1 Å². The van der Waals surface area contributed by atoms with Crippen molar-refractivity contribution in [3.8, 4) is 0 Å². The number of anilines is 2. The molecule has 0 spiro atoms. The van der Waals surface area contributed by atoms with Gasteiger partial charge in [0, 0.05) is 30.9 Å². The van der Waals surface area contributed by atoms with Crippen molar-refractivity contribution in [3.63, 3.8) is 0 Å². The number of halogens is 4. The van der Waals surface area contributed by atoms with Gasteiger partial charge in [-0.2, -0.15) is 18.3 Å². The summed E-state index contributed by atoms with van der Waals surface area (Å²) in [5.74, 6) is -0.663. The number of fused-ring (bicyclic) bond motifs is 2. The van der Waals surface area contributed by atoms with Gasteiger partial charge in [-0.1, -0.05) is 17.7 Å². The van der Waals surface area contributed by atoms with E-state index >= 15 is 0 Å². The Kier molecular flexibility index (Phi) is 7.15. The summed E-state index contributed by atoms with van der Waals surface area (Å²) in [6.45, 7) is 4.00. The Labute approximate surface area is 260 Å². The lowest BCUT2D eigenvalue weighted by molar-refractivity contribution is -0.182. The van der Waals surface area contributed by atoms with E-state index in [9.17, 15) is 31.2 Å². The summed E-state index contributed by atoms with van der Waals surface area (Å²) in [6, 6.07) is 5.92. The van der Waals surface area contributed by atoms with Crippen LogP contribution in [0.15, 0.2) is 35.3 Å². The molecule has 1 fully saturated rings. The van der Waals surface area contributed by atoms with E-state index in [0.29, 0.717) is 33.7 Å². The maximum atomic E-state index is 13.7. The molecule has 0 radical (unpaired) electrons. The second-order valence-electron chi connectivity index (χ2n) is 11.6. The molecule has 0 saturated heterocycles. The largest absolute Gasteiger partial charge is 0.413 e. The first-order valence-electron chi connectivity index (χ1n) is 13.8. The Bertz CT molecular complexity index is 2030. The Balaban J connectivity index is 1.35. The molecule has 1 atom stereocenters. The first kappa shape index (κ1) is 30.8. The van der Waals surface area contributed by atoms with Gasteiger partial charge >= 0.3 is 6.18 Å². The summed E-state index contributed by atoms with van der Waals surface area (Å²) >= 11 is 6.00. The highest BCUT2D eigenvalue weighted by Crippen LogP contribution is 2.55. The zero-order valence-corrected chi connectivity index (χ0v) is 26.1. The first-order valence-corrected chi connectivity index (χ1v) is 16.1. The summed E-state index contributed by atoms with van der Waals surface area (Å²) in [5, 5.41) is 7.77. The van der Waals surface area contributed by atoms with Crippen LogP contribution in [0, 0.1) is 6.92 Å². The van der Waals surface area contributed by atoms with Crippen molar-refractivity contribution in [1.82, 2.24) is 29.0 Å². The fourth-order valence-electron chi connectivity index (χ4n) is 5.68. The van der Waals surface area contributed by atoms with Gasteiger partial charge in [-0.05, 0) is 50.5 Å². The van der Waals surface area contributed by atoms with Gasteiger partial charge in [0.05, 0.1) is 41.1 Å². The van der Waals surface area contributed by atoms with Crippen LogP contribution in [-0.2, 0) is 35.7 Å². The fraction of sp³-hybridized carbons (Fsp3) is 0.393. The van der Waals surface area contributed by atoms with E-state index in [0.717, 1.165) is 16.5 Å². The van der Waals surface area contributed by atoms with E-state index in [2.05, 4.69) is 15.4 Å². The lowest BCUT2D eigenvalue weighted by Crippen LogP contribution is -2.35. The molecule has 45 heavy (non-hydrogen) atoms. The summed E-state index contributed by atoms with van der Waals surface area (Å²) in [4.78, 5) is 37.0. The number of nitrogens with one attached hydrogen (secondary N) is 2. The number of nitrogens with zero attached hydrogens (tertiary/aromatic N) is 6. The number of rotatable bonds is 7. The number of amides is 1. The number of sulfonamides is 1. The zero-order chi connectivity index (χ0) is 32.6. The molecule has 1 saturated carbocycles. The first-order chi connectivity index (χ1) is 21.0. The molecule has 1 aliphatic carbocycles. The highest BCUT2D eigenvalue weighted by Gasteiger charge is 2.66. The minimum absolute atomic E-state index is 0.00806. The van der Waals surface area contributed by atoms with Gasteiger partial charge in [0.1, 0.15) is 5.15 Å². The topological polar surface area (TPSA) is 144 Å². The van der Waals surface area contributed by atoms with Gasteiger partial charge in [0.25, 0.3) is 11.5 Å². The number of benzene rings is 1. The maximum absolute atomic E-state index is 13.7. The highest BCUT2D eigenvalue weighted by molar-refractivity contribution is 7.89. The molecule has 12 nitrogen and oxygen atoms in total. The second-order valence-corrected chi connectivity index (χ2v) is 13.7. The lowest BCUT2D eigenvalue weighted by atomic mass is 10.0. The predicted octanol–water partition coefficient (Wildman–Crippen LogP) is 3.92. The van der Waals surface area contributed by atoms with Crippen LogP contribution >= 0.6 is 11.6 Å². The quantitative estimate of drug-likeness (QED) is 0.281. The van der Waals surface area contributed by atoms with Crippen molar-refractivity contribution in [2.75, 3.05) is 16.5 Å². The Morgan fingerprint density at radius 1 is 1.16 bits per heavy atom. The molecule has 2 aliphatic rings. The fourth-order valence-corrected chi connectivity index (χ4v) is 6.26. The van der Waals surface area contributed by atoms with Crippen molar-refractivity contribution in [3.05, 3.63) is 74.0 Å². The van der Waals surface area contributed by atoms with Crippen LogP contribution in [0.1, 0.15) is 58.7 Å². The molecule has 3 aromatic heterocycles. The third kappa shape index (κ3) is 5.49. The van der Waals surface area contributed by atoms with Gasteiger partial charge in [-0.15, -0.1) is 0 Å². The monoisotopic (exact) mass is 664 g/mol. The van der Waals surface area contributed by atoms with Crippen LogP contribution in [-0.4, -0.2) is 51.1 Å². The van der Waals surface area contributed by atoms with Gasteiger partial charge in [-0.25, -0.2) is 23.1 Å². The standard InChI is InChI=1S/C28H28ClF3N8O4S/c1-14-9-17(15(2)33-19-5-6-21(29)34-23(19)24(41)37-45(4,43)44)22-18(10-14)25(42)38(3)26(35-22)39-11-16-12-40(36-20(16)13-39)27(7-8-27)28(30,31)32/h5-6,9-10,12,15,33H,7-8,11,13H2,1-4H3,(H,37,41)/t15-/m1/s1. The summed E-state index contributed by atoms with van der Waals surface area (Å²) in [6.07, 6.45) is -2.13. The number of pyridine rings is 1. The number of aryl methyl sites for hydroxylation is 1. The van der Waals surface area contributed by atoms with E-state index in [1.54, 1.807) is 24.9 Å². The van der Waals surface area contributed by atoms with Crippen molar-refractivity contribution in [1.29, 1.82) is 0 Å². The van der Waals surface area contributed by atoms with E-state index in [1.807, 2.05) is 17.7 Å². The molecule has 238 valence electrons. The molecule has 1 aromatic carbocycles. The molecular formula is C28H28ClF3N8O4S. The van der Waals surface area contributed by atoms with Gasteiger partial charge in [0.2, 0.25) is 16.0 Å². The molecule has 1 amide bonds. The average Bonchev–Trinajstić information content (AvgIpc) is 3.54. The number of carbonyl (C=O) groups is 1. The number of hydrogen-bond acceptors (Lipinski definition) is 9. The van der Waals surface area contributed by atoms with Crippen LogP contribution in [0.4, 0.5) is 24.8 Å². The Morgan fingerprint density at radius 3 is 2.49 bits per heavy atom. The summed E-state index contributed by atoms with van der Waals surface area (Å²) in [7, 11) is -2.30. The minimum Gasteiger partial charge on any atom is -0.377 e. The molecule has 4 aromatic rings. The van der Waals surface area contributed by atoms with Gasteiger partial charge < -0.3 is 10.2 Å². The third-order valence-corrected chi connectivity index (χ3v) is 8.84. The van der Waals surface area contributed by atoms with Crippen LogP contribution in [0.25, 0.3) is 10.9 Å².